The number of aliphatic imine (C=N–C) groups is 1. The number of hydrogen-bond donors (Lipinski definition) is 1. The predicted octanol–water partition coefficient (Wildman–Crippen LogP) is -1.47. The van der Waals surface area contributed by atoms with Crippen LogP contribution in [0.4, 0.5) is 0 Å². The summed E-state index contributed by atoms with van der Waals surface area (Å²) < 4.78 is 0. The van der Waals surface area contributed by atoms with Crippen molar-refractivity contribution in [3.05, 3.63) is 5.57 Å². The smallest absolute Gasteiger partial charge is 0.255 e. The normalized spacial score (nSPS) is 18.2. The molecule has 1 aliphatic carbocycles. The standard InChI is InChI=1S/C6H2N4O2/c7-2-9-4-3(1-10-8)5(11)6(4)12/h8H2. The topological polar surface area (TPSA) is 109 Å². The van der Waals surface area contributed by atoms with Gasteiger partial charge in [-0.05, 0) is 0 Å². The van der Waals surface area contributed by atoms with Crippen molar-refractivity contribution in [2.24, 2.45) is 15.9 Å². The third-order valence-corrected chi connectivity index (χ3v) is 1.22. The Bertz CT molecular complexity index is 392. The SMILES string of the molecule is N#CN=C1C(=O)C(=O)C1=C=NN. The van der Waals surface area contributed by atoms with E-state index in [0.29, 0.717) is 0 Å². The summed E-state index contributed by atoms with van der Waals surface area (Å²) in [6.45, 7) is 0. The van der Waals surface area contributed by atoms with Crippen molar-refractivity contribution in [3.63, 3.8) is 0 Å². The molecule has 0 radical (unpaired) electrons. The number of carbonyl (C=O) groups is 2. The maximum atomic E-state index is 10.7. The molecule has 58 valence electrons. The number of carbonyl (C=O) groups excluding carboxylic acids is 2. The van der Waals surface area contributed by atoms with E-state index < -0.39 is 11.6 Å². The quantitative estimate of drug-likeness (QED) is 0.117. The third-order valence-electron chi connectivity index (χ3n) is 1.22. The molecule has 1 aliphatic rings. The minimum absolute atomic E-state index is 0.135. The van der Waals surface area contributed by atoms with Crippen molar-refractivity contribution < 1.29 is 9.59 Å². The highest BCUT2D eigenvalue weighted by molar-refractivity contribution is 6.87. The van der Waals surface area contributed by atoms with E-state index in [1.807, 2.05) is 0 Å². The van der Waals surface area contributed by atoms with E-state index in [4.69, 9.17) is 11.1 Å². The van der Waals surface area contributed by atoms with Crippen LogP contribution in [0.25, 0.3) is 0 Å². The minimum Gasteiger partial charge on any atom is -0.315 e. The van der Waals surface area contributed by atoms with E-state index in [1.165, 1.54) is 6.19 Å². The highest BCUT2D eigenvalue weighted by atomic mass is 16.2. The molecule has 0 bridgehead atoms. The first-order valence-electron chi connectivity index (χ1n) is 2.81. The van der Waals surface area contributed by atoms with Gasteiger partial charge in [-0.15, -0.1) is 5.10 Å². The molecule has 6 nitrogen and oxygen atoms in total. The van der Waals surface area contributed by atoms with Crippen LogP contribution in [-0.4, -0.2) is 23.1 Å². The number of allylic oxidation sites excluding steroid dienone is 1. The van der Waals surface area contributed by atoms with E-state index in [9.17, 15) is 9.59 Å². The maximum Gasteiger partial charge on any atom is 0.255 e. The van der Waals surface area contributed by atoms with Crippen molar-refractivity contribution in [3.8, 4) is 6.19 Å². The van der Waals surface area contributed by atoms with Crippen LogP contribution in [0.3, 0.4) is 0 Å². The molecule has 0 aliphatic heterocycles. The Kier molecular flexibility index (Phi) is 1.82. The average molecular weight is 162 g/mol. The summed E-state index contributed by atoms with van der Waals surface area (Å²) >= 11 is 0. The van der Waals surface area contributed by atoms with Gasteiger partial charge in [0.25, 0.3) is 5.78 Å². The van der Waals surface area contributed by atoms with Gasteiger partial charge >= 0.3 is 0 Å². The summed E-state index contributed by atoms with van der Waals surface area (Å²) in [5.74, 6) is 5.19. The molecule has 0 amide bonds. The Morgan fingerprint density at radius 2 is 2.00 bits per heavy atom. The molecule has 6 heteroatoms. The fourth-order valence-corrected chi connectivity index (χ4v) is 0.705. The molecule has 0 heterocycles. The van der Waals surface area contributed by atoms with Crippen LogP contribution in [0.1, 0.15) is 0 Å². The zero-order valence-corrected chi connectivity index (χ0v) is 5.74. The Hall–Kier alpha value is -2.25. The largest absolute Gasteiger partial charge is 0.315 e. The third kappa shape index (κ3) is 0.905. The second kappa shape index (κ2) is 2.78. The van der Waals surface area contributed by atoms with Crippen molar-refractivity contribution >= 4 is 23.1 Å². The van der Waals surface area contributed by atoms with E-state index >= 15 is 0 Å². The first kappa shape index (κ1) is 7.85. The van der Waals surface area contributed by atoms with Gasteiger partial charge in [0.2, 0.25) is 12.0 Å². The summed E-state index contributed by atoms with van der Waals surface area (Å²) in [6, 6.07) is 0. The van der Waals surface area contributed by atoms with E-state index in [2.05, 4.69) is 16.0 Å². The van der Waals surface area contributed by atoms with Crippen LogP contribution < -0.4 is 5.84 Å². The molecular formula is C6H2N4O2. The van der Waals surface area contributed by atoms with Crippen molar-refractivity contribution in [1.29, 1.82) is 5.26 Å². The predicted molar refractivity (Wildman–Crippen MR) is 38.2 cm³/mol. The van der Waals surface area contributed by atoms with Crippen molar-refractivity contribution in [2.75, 3.05) is 0 Å². The number of Topliss-reactive ketones (excluding diaryl/α,β-unsaturated/α-hetero) is 2. The first-order chi connectivity index (χ1) is 5.72. The zero-order valence-electron chi connectivity index (χ0n) is 5.74. The van der Waals surface area contributed by atoms with Crippen LogP contribution in [0.2, 0.25) is 0 Å². The molecule has 12 heavy (non-hydrogen) atoms. The van der Waals surface area contributed by atoms with Gasteiger partial charge < -0.3 is 5.84 Å². The monoisotopic (exact) mass is 162 g/mol. The molecule has 1 fully saturated rings. The molecule has 0 atom stereocenters. The molecular weight excluding hydrogens is 160 g/mol. The lowest BCUT2D eigenvalue weighted by molar-refractivity contribution is -0.132. The van der Waals surface area contributed by atoms with Gasteiger partial charge in [0.05, 0.1) is 0 Å². The lowest BCUT2D eigenvalue weighted by Gasteiger charge is -2.10. The number of rotatable bonds is 0. The number of hydrogen-bond acceptors (Lipinski definition) is 6. The van der Waals surface area contributed by atoms with E-state index in [1.54, 1.807) is 0 Å². The minimum atomic E-state index is -0.803. The summed E-state index contributed by atoms with van der Waals surface area (Å²) in [4.78, 5) is 24.4. The highest BCUT2D eigenvalue weighted by Crippen LogP contribution is 2.11. The van der Waals surface area contributed by atoms with Crippen molar-refractivity contribution in [2.45, 2.75) is 0 Å². The Morgan fingerprint density at radius 3 is 2.50 bits per heavy atom. The fraction of sp³-hybridized carbons (Fsp3) is 0. The summed E-state index contributed by atoms with van der Waals surface area (Å²) in [5.41, 5.74) is -0.360. The summed E-state index contributed by atoms with van der Waals surface area (Å²) in [7, 11) is 0. The lowest BCUT2D eigenvalue weighted by atomic mass is 9.87. The molecule has 1 saturated carbocycles. The highest BCUT2D eigenvalue weighted by Gasteiger charge is 2.41. The number of nitrogens with zero attached hydrogens (tertiary/aromatic N) is 3. The Morgan fingerprint density at radius 1 is 1.33 bits per heavy atom. The van der Waals surface area contributed by atoms with Gasteiger partial charge in [-0.3, -0.25) is 9.59 Å². The van der Waals surface area contributed by atoms with Crippen LogP contribution in [0, 0.1) is 11.5 Å². The number of nitrogens with two attached hydrogens (primary N) is 1. The van der Waals surface area contributed by atoms with Crippen LogP contribution >= 0.6 is 0 Å². The van der Waals surface area contributed by atoms with E-state index in [-0.39, 0.29) is 11.3 Å². The van der Waals surface area contributed by atoms with Crippen LogP contribution in [0.15, 0.2) is 15.7 Å². The molecule has 2 N–H and O–H groups in total. The molecule has 0 unspecified atom stereocenters. The summed E-state index contributed by atoms with van der Waals surface area (Å²) in [6.07, 6.45) is 1.38. The summed E-state index contributed by atoms with van der Waals surface area (Å²) in [5, 5.41) is 11.0. The number of nitriles is 1. The number of hydrazone groups is 1. The fourth-order valence-electron chi connectivity index (χ4n) is 0.705. The lowest BCUT2D eigenvalue weighted by Crippen LogP contribution is -2.41. The van der Waals surface area contributed by atoms with Crippen LogP contribution in [0.5, 0.6) is 0 Å². The average Bonchev–Trinajstić information content (AvgIpc) is 2.10. The molecule has 0 saturated heterocycles. The van der Waals surface area contributed by atoms with Gasteiger partial charge in [-0.2, -0.15) is 10.3 Å². The molecule has 0 spiro atoms. The van der Waals surface area contributed by atoms with E-state index in [0.717, 1.165) is 0 Å². The first-order valence-corrected chi connectivity index (χ1v) is 2.81. The maximum absolute atomic E-state index is 10.7. The van der Waals surface area contributed by atoms with Crippen molar-refractivity contribution in [1.82, 2.24) is 0 Å². The van der Waals surface area contributed by atoms with Gasteiger partial charge in [-0.25, -0.2) is 0 Å². The second-order valence-electron chi connectivity index (χ2n) is 1.83. The van der Waals surface area contributed by atoms with Gasteiger partial charge in [0.1, 0.15) is 11.3 Å². The Labute approximate surface area is 66.7 Å². The second-order valence-corrected chi connectivity index (χ2v) is 1.83. The van der Waals surface area contributed by atoms with Gasteiger partial charge in [-0.1, -0.05) is 0 Å². The van der Waals surface area contributed by atoms with Crippen LogP contribution in [-0.2, 0) is 9.59 Å². The molecule has 0 aromatic carbocycles. The van der Waals surface area contributed by atoms with Gasteiger partial charge in [0.15, 0.2) is 0 Å². The zero-order chi connectivity index (χ0) is 9.14. The molecule has 0 aromatic rings. The molecule has 1 rings (SSSR count). The Balaban J connectivity index is 3.17. The van der Waals surface area contributed by atoms with Gasteiger partial charge in [0, 0.05) is 5.87 Å². The number of ketones is 2. The molecule has 0 aromatic heterocycles.